The summed E-state index contributed by atoms with van der Waals surface area (Å²) in [5, 5.41) is 4.12. The summed E-state index contributed by atoms with van der Waals surface area (Å²) >= 11 is 11.6. The number of carbonyl (C=O) groups is 1. The molecule has 0 aliphatic heterocycles. The molecule has 0 unspecified atom stereocenters. The maximum Gasteiger partial charge on any atom is 0.131 e. The van der Waals surface area contributed by atoms with Gasteiger partial charge in [0.15, 0.2) is 0 Å². The number of ketones is 1. The number of anilines is 1. The standard InChI is InChI=1S/C10H11Cl2NO/c1-7(14)4-5-13-8-2-3-9(11)10(12)6-8/h2-3,6,13H,4-5H2,1H3. The maximum absolute atomic E-state index is 10.7. The first-order valence-corrected chi connectivity index (χ1v) is 5.03. The molecular formula is C10H11Cl2NO. The summed E-state index contributed by atoms with van der Waals surface area (Å²) in [4.78, 5) is 10.7. The van der Waals surface area contributed by atoms with Crippen LogP contribution in [0, 0.1) is 0 Å². The quantitative estimate of drug-likeness (QED) is 0.861. The summed E-state index contributed by atoms with van der Waals surface area (Å²) in [7, 11) is 0. The van der Waals surface area contributed by atoms with Crippen molar-refractivity contribution in [2.24, 2.45) is 0 Å². The van der Waals surface area contributed by atoms with Crippen molar-refractivity contribution in [1.29, 1.82) is 0 Å². The molecule has 0 bridgehead atoms. The molecule has 0 spiro atoms. The third kappa shape index (κ3) is 3.56. The van der Waals surface area contributed by atoms with Crippen LogP contribution in [0.1, 0.15) is 13.3 Å². The molecule has 4 heteroatoms. The molecule has 1 N–H and O–H groups in total. The summed E-state index contributed by atoms with van der Waals surface area (Å²) in [6.45, 7) is 2.18. The molecule has 0 aromatic heterocycles. The molecule has 0 heterocycles. The molecule has 14 heavy (non-hydrogen) atoms. The SMILES string of the molecule is CC(=O)CCNc1ccc(Cl)c(Cl)c1. The smallest absolute Gasteiger partial charge is 0.131 e. The Morgan fingerprint density at radius 2 is 2.07 bits per heavy atom. The van der Waals surface area contributed by atoms with E-state index in [0.29, 0.717) is 23.0 Å². The second-order valence-electron chi connectivity index (χ2n) is 3.01. The van der Waals surface area contributed by atoms with Crippen LogP contribution in [-0.4, -0.2) is 12.3 Å². The number of hydrogen-bond acceptors (Lipinski definition) is 2. The van der Waals surface area contributed by atoms with E-state index in [1.807, 2.05) is 6.07 Å². The fourth-order valence-electron chi connectivity index (χ4n) is 0.989. The van der Waals surface area contributed by atoms with Gasteiger partial charge in [0.05, 0.1) is 10.0 Å². The topological polar surface area (TPSA) is 29.1 Å². The molecule has 2 nitrogen and oxygen atoms in total. The molecule has 0 saturated carbocycles. The van der Waals surface area contributed by atoms with Gasteiger partial charge in [-0.05, 0) is 25.1 Å². The maximum atomic E-state index is 10.7. The number of benzene rings is 1. The summed E-state index contributed by atoms with van der Waals surface area (Å²) in [5.74, 6) is 0.164. The molecule has 0 radical (unpaired) electrons. The Balaban J connectivity index is 2.51. The van der Waals surface area contributed by atoms with Crippen LogP contribution in [-0.2, 0) is 4.79 Å². The molecule has 0 atom stereocenters. The van der Waals surface area contributed by atoms with Gasteiger partial charge in [0.25, 0.3) is 0 Å². The van der Waals surface area contributed by atoms with E-state index in [-0.39, 0.29) is 5.78 Å². The Labute approximate surface area is 93.2 Å². The zero-order valence-corrected chi connectivity index (χ0v) is 9.32. The summed E-state index contributed by atoms with van der Waals surface area (Å²) in [6, 6.07) is 5.29. The average molecular weight is 232 g/mol. The number of halogens is 2. The lowest BCUT2D eigenvalue weighted by Crippen LogP contribution is -2.05. The van der Waals surface area contributed by atoms with Gasteiger partial charge in [-0.15, -0.1) is 0 Å². The molecule has 0 fully saturated rings. The highest BCUT2D eigenvalue weighted by atomic mass is 35.5. The number of nitrogens with one attached hydrogen (secondary N) is 1. The highest BCUT2D eigenvalue weighted by molar-refractivity contribution is 6.42. The van der Waals surface area contributed by atoms with Gasteiger partial charge >= 0.3 is 0 Å². The van der Waals surface area contributed by atoms with Crippen molar-refractivity contribution in [2.45, 2.75) is 13.3 Å². The molecule has 76 valence electrons. The first-order valence-electron chi connectivity index (χ1n) is 4.28. The predicted molar refractivity (Wildman–Crippen MR) is 60.2 cm³/mol. The second kappa shape index (κ2) is 5.23. The van der Waals surface area contributed by atoms with Crippen molar-refractivity contribution in [1.82, 2.24) is 0 Å². The van der Waals surface area contributed by atoms with Crippen LogP contribution in [0.3, 0.4) is 0 Å². The predicted octanol–water partition coefficient (Wildman–Crippen LogP) is 3.38. The van der Waals surface area contributed by atoms with Crippen molar-refractivity contribution in [3.63, 3.8) is 0 Å². The minimum absolute atomic E-state index is 0.164. The van der Waals surface area contributed by atoms with E-state index in [2.05, 4.69) is 5.32 Å². The van der Waals surface area contributed by atoms with Crippen LogP contribution in [0.4, 0.5) is 5.69 Å². The fraction of sp³-hybridized carbons (Fsp3) is 0.300. The third-order valence-corrected chi connectivity index (χ3v) is 2.46. The van der Waals surface area contributed by atoms with E-state index < -0.39 is 0 Å². The van der Waals surface area contributed by atoms with Gasteiger partial charge in [0.1, 0.15) is 5.78 Å². The Hall–Kier alpha value is -0.730. The molecule has 1 rings (SSSR count). The van der Waals surface area contributed by atoms with Crippen LogP contribution in [0.15, 0.2) is 18.2 Å². The highest BCUT2D eigenvalue weighted by Gasteiger charge is 1.99. The van der Waals surface area contributed by atoms with Crippen LogP contribution in [0.2, 0.25) is 10.0 Å². The lowest BCUT2D eigenvalue weighted by Gasteiger charge is -2.05. The summed E-state index contributed by atoms with van der Waals surface area (Å²) in [6.07, 6.45) is 0.514. The van der Waals surface area contributed by atoms with Crippen LogP contribution < -0.4 is 5.32 Å². The first kappa shape index (κ1) is 11.3. The van der Waals surface area contributed by atoms with Crippen molar-refractivity contribution in [3.8, 4) is 0 Å². The lowest BCUT2D eigenvalue weighted by molar-refractivity contribution is -0.116. The summed E-state index contributed by atoms with van der Waals surface area (Å²) in [5.41, 5.74) is 0.876. The van der Waals surface area contributed by atoms with Crippen LogP contribution in [0.25, 0.3) is 0 Å². The van der Waals surface area contributed by atoms with Crippen molar-refractivity contribution in [2.75, 3.05) is 11.9 Å². The van der Waals surface area contributed by atoms with Gasteiger partial charge in [0, 0.05) is 18.7 Å². The molecule has 0 aliphatic carbocycles. The number of carbonyl (C=O) groups excluding carboxylic acids is 1. The molecule has 1 aromatic rings. The third-order valence-electron chi connectivity index (χ3n) is 1.73. The van der Waals surface area contributed by atoms with E-state index in [1.54, 1.807) is 19.1 Å². The Bertz CT molecular complexity index is 339. The molecule has 0 aliphatic rings. The van der Waals surface area contributed by atoms with E-state index in [9.17, 15) is 4.79 Å². The zero-order valence-electron chi connectivity index (χ0n) is 7.81. The minimum atomic E-state index is 0.164. The van der Waals surface area contributed by atoms with Crippen LogP contribution >= 0.6 is 23.2 Å². The number of Topliss-reactive ketones (excluding diaryl/α,β-unsaturated/α-hetero) is 1. The first-order chi connectivity index (χ1) is 6.59. The summed E-state index contributed by atoms with van der Waals surface area (Å²) < 4.78 is 0. The van der Waals surface area contributed by atoms with E-state index in [4.69, 9.17) is 23.2 Å². The highest BCUT2D eigenvalue weighted by Crippen LogP contribution is 2.24. The van der Waals surface area contributed by atoms with Gasteiger partial charge in [-0.3, -0.25) is 4.79 Å². The second-order valence-corrected chi connectivity index (χ2v) is 3.82. The largest absolute Gasteiger partial charge is 0.385 e. The molecule has 1 aromatic carbocycles. The lowest BCUT2D eigenvalue weighted by atomic mass is 10.3. The molecular weight excluding hydrogens is 221 g/mol. The van der Waals surface area contributed by atoms with Crippen LogP contribution in [0.5, 0.6) is 0 Å². The Kier molecular flexibility index (Phi) is 4.23. The number of rotatable bonds is 4. The van der Waals surface area contributed by atoms with Crippen molar-refractivity contribution in [3.05, 3.63) is 28.2 Å². The van der Waals surface area contributed by atoms with E-state index >= 15 is 0 Å². The monoisotopic (exact) mass is 231 g/mol. The fourth-order valence-corrected chi connectivity index (χ4v) is 1.29. The zero-order chi connectivity index (χ0) is 10.6. The van der Waals surface area contributed by atoms with Gasteiger partial charge in [-0.2, -0.15) is 0 Å². The van der Waals surface area contributed by atoms with Crippen molar-refractivity contribution >= 4 is 34.7 Å². The van der Waals surface area contributed by atoms with Gasteiger partial charge in [-0.1, -0.05) is 23.2 Å². The van der Waals surface area contributed by atoms with Gasteiger partial charge in [-0.25, -0.2) is 0 Å². The molecule has 0 amide bonds. The van der Waals surface area contributed by atoms with E-state index in [1.165, 1.54) is 0 Å². The van der Waals surface area contributed by atoms with Gasteiger partial charge in [0.2, 0.25) is 0 Å². The number of hydrogen-bond donors (Lipinski definition) is 1. The Morgan fingerprint density at radius 1 is 1.36 bits per heavy atom. The average Bonchev–Trinajstić information content (AvgIpc) is 2.10. The van der Waals surface area contributed by atoms with E-state index in [0.717, 1.165) is 5.69 Å². The molecule has 0 saturated heterocycles. The Morgan fingerprint density at radius 3 is 2.64 bits per heavy atom. The minimum Gasteiger partial charge on any atom is -0.385 e. The van der Waals surface area contributed by atoms with Gasteiger partial charge < -0.3 is 5.32 Å². The normalized spacial score (nSPS) is 9.93. The van der Waals surface area contributed by atoms with Crippen molar-refractivity contribution < 1.29 is 4.79 Å².